The number of para-hydroxylation sites is 1. The van der Waals surface area contributed by atoms with Crippen molar-refractivity contribution in [3.05, 3.63) is 35.9 Å². The average molecular weight is 258 g/mol. The number of hydrogen-bond donors (Lipinski definition) is 2. The molecule has 0 aliphatic heterocycles. The summed E-state index contributed by atoms with van der Waals surface area (Å²) in [5.41, 5.74) is 1.39. The molecule has 0 radical (unpaired) electrons. The van der Waals surface area contributed by atoms with E-state index in [2.05, 4.69) is 29.4 Å². The van der Waals surface area contributed by atoms with Crippen LogP contribution in [0.15, 0.2) is 30.3 Å². The fourth-order valence-electron chi connectivity index (χ4n) is 2.30. The van der Waals surface area contributed by atoms with Crippen LogP contribution in [0.1, 0.15) is 32.3 Å². The van der Waals surface area contributed by atoms with Gasteiger partial charge in [-0.3, -0.25) is 0 Å². The molecule has 1 aromatic heterocycles. The van der Waals surface area contributed by atoms with Gasteiger partial charge in [-0.05, 0) is 38.0 Å². The van der Waals surface area contributed by atoms with Crippen molar-refractivity contribution < 1.29 is 5.11 Å². The first-order chi connectivity index (χ1) is 9.02. The first kappa shape index (κ1) is 13.8. The van der Waals surface area contributed by atoms with E-state index in [9.17, 15) is 5.11 Å². The van der Waals surface area contributed by atoms with Crippen LogP contribution in [0, 0.1) is 6.92 Å². The van der Waals surface area contributed by atoms with E-state index >= 15 is 0 Å². The smallest absolute Gasteiger partial charge is 0.129 e. The Morgan fingerprint density at radius 3 is 2.79 bits per heavy atom. The van der Waals surface area contributed by atoms with Crippen LogP contribution in [-0.2, 0) is 0 Å². The van der Waals surface area contributed by atoms with Crippen LogP contribution in [0.2, 0.25) is 0 Å². The van der Waals surface area contributed by atoms with Crippen LogP contribution in [0.25, 0.3) is 10.9 Å². The van der Waals surface area contributed by atoms with E-state index in [0.29, 0.717) is 6.54 Å². The van der Waals surface area contributed by atoms with Crippen LogP contribution in [0.5, 0.6) is 0 Å². The predicted molar refractivity (Wildman–Crippen MR) is 80.5 cm³/mol. The Labute approximate surface area is 114 Å². The summed E-state index contributed by atoms with van der Waals surface area (Å²) in [6.45, 7) is 6.50. The van der Waals surface area contributed by atoms with E-state index in [-0.39, 0.29) is 0 Å². The molecule has 0 spiro atoms. The molecule has 2 N–H and O–H groups in total. The summed E-state index contributed by atoms with van der Waals surface area (Å²) in [6.07, 6.45) is 1.76. The van der Waals surface area contributed by atoms with Gasteiger partial charge in [0, 0.05) is 11.9 Å². The van der Waals surface area contributed by atoms with Crippen molar-refractivity contribution in [1.82, 2.24) is 4.98 Å². The molecule has 19 heavy (non-hydrogen) atoms. The second kappa shape index (κ2) is 5.57. The number of hydrogen-bond acceptors (Lipinski definition) is 3. The average Bonchev–Trinajstić information content (AvgIpc) is 2.36. The maximum atomic E-state index is 10.2. The van der Waals surface area contributed by atoms with Crippen molar-refractivity contribution in [2.45, 2.75) is 39.2 Å². The zero-order valence-electron chi connectivity index (χ0n) is 11.9. The van der Waals surface area contributed by atoms with Crippen molar-refractivity contribution in [3.8, 4) is 0 Å². The highest BCUT2D eigenvalue weighted by atomic mass is 16.3. The Morgan fingerprint density at radius 2 is 2.05 bits per heavy atom. The number of rotatable bonds is 5. The monoisotopic (exact) mass is 258 g/mol. The number of anilines is 1. The van der Waals surface area contributed by atoms with Crippen LogP contribution >= 0.6 is 0 Å². The van der Waals surface area contributed by atoms with Crippen LogP contribution in [0.4, 0.5) is 5.82 Å². The summed E-state index contributed by atoms with van der Waals surface area (Å²) in [5, 5.41) is 14.6. The lowest BCUT2D eigenvalue weighted by molar-refractivity contribution is 0.0636. The minimum absolute atomic E-state index is 0.521. The first-order valence-electron chi connectivity index (χ1n) is 6.84. The second-order valence-electron chi connectivity index (χ2n) is 5.45. The molecule has 1 atom stereocenters. The summed E-state index contributed by atoms with van der Waals surface area (Å²) < 4.78 is 0. The molecule has 3 heteroatoms. The molecule has 1 aromatic carbocycles. The van der Waals surface area contributed by atoms with Gasteiger partial charge in [-0.15, -0.1) is 0 Å². The number of nitrogens with one attached hydrogen (secondary N) is 1. The van der Waals surface area contributed by atoms with Crippen LogP contribution in [0.3, 0.4) is 0 Å². The zero-order chi connectivity index (χ0) is 13.9. The molecule has 0 saturated heterocycles. The van der Waals surface area contributed by atoms with Gasteiger partial charge < -0.3 is 10.4 Å². The van der Waals surface area contributed by atoms with Gasteiger partial charge in [0.25, 0.3) is 0 Å². The van der Waals surface area contributed by atoms with Gasteiger partial charge in [0.15, 0.2) is 0 Å². The minimum Gasteiger partial charge on any atom is -0.388 e. The van der Waals surface area contributed by atoms with Crippen molar-refractivity contribution >= 4 is 16.7 Å². The lowest BCUT2D eigenvalue weighted by Crippen LogP contribution is -2.33. The predicted octanol–water partition coefficient (Wildman–Crippen LogP) is 3.51. The molecule has 3 nitrogen and oxygen atoms in total. The minimum atomic E-state index is -0.686. The van der Waals surface area contributed by atoms with Crippen molar-refractivity contribution in [3.63, 3.8) is 0 Å². The second-order valence-corrected chi connectivity index (χ2v) is 5.45. The van der Waals surface area contributed by atoms with E-state index in [4.69, 9.17) is 0 Å². The number of aryl methyl sites for hydroxylation is 1. The maximum absolute atomic E-state index is 10.2. The molecule has 0 aliphatic carbocycles. The third kappa shape index (κ3) is 3.44. The number of fused-ring (bicyclic) bond motifs is 1. The molecule has 0 aliphatic rings. The van der Waals surface area contributed by atoms with E-state index < -0.39 is 5.60 Å². The Morgan fingerprint density at radius 1 is 1.32 bits per heavy atom. The normalized spacial score (nSPS) is 14.3. The van der Waals surface area contributed by atoms with Crippen molar-refractivity contribution in [2.75, 3.05) is 11.9 Å². The molecule has 102 valence electrons. The third-order valence-corrected chi connectivity index (χ3v) is 3.34. The summed E-state index contributed by atoms with van der Waals surface area (Å²) in [7, 11) is 0. The zero-order valence-corrected chi connectivity index (χ0v) is 11.9. The highest BCUT2D eigenvalue weighted by molar-refractivity contribution is 5.81. The van der Waals surface area contributed by atoms with E-state index in [1.807, 2.05) is 32.0 Å². The van der Waals surface area contributed by atoms with E-state index in [0.717, 1.165) is 35.1 Å². The molecule has 1 unspecified atom stereocenters. The van der Waals surface area contributed by atoms with Gasteiger partial charge in [0.1, 0.15) is 5.82 Å². The lowest BCUT2D eigenvalue weighted by atomic mass is 10.0. The Kier molecular flexibility index (Phi) is 4.05. The quantitative estimate of drug-likeness (QED) is 0.862. The van der Waals surface area contributed by atoms with Gasteiger partial charge in [0.05, 0.1) is 11.1 Å². The van der Waals surface area contributed by atoms with Gasteiger partial charge >= 0.3 is 0 Å². The van der Waals surface area contributed by atoms with Crippen molar-refractivity contribution in [2.24, 2.45) is 0 Å². The van der Waals surface area contributed by atoms with Crippen LogP contribution in [-0.4, -0.2) is 22.2 Å². The molecule has 1 heterocycles. The molecular weight excluding hydrogens is 236 g/mol. The Hall–Kier alpha value is -1.61. The number of benzene rings is 1. The first-order valence-corrected chi connectivity index (χ1v) is 6.84. The summed E-state index contributed by atoms with van der Waals surface area (Å²) >= 11 is 0. The molecular formula is C16H22N2O. The largest absolute Gasteiger partial charge is 0.388 e. The molecule has 0 bridgehead atoms. The number of aromatic nitrogens is 1. The van der Waals surface area contributed by atoms with E-state index in [1.54, 1.807) is 0 Å². The summed E-state index contributed by atoms with van der Waals surface area (Å²) in [4.78, 5) is 4.62. The molecule has 0 saturated carbocycles. The summed E-state index contributed by atoms with van der Waals surface area (Å²) in [5.74, 6) is 0.857. The fourth-order valence-corrected chi connectivity index (χ4v) is 2.30. The lowest BCUT2D eigenvalue weighted by Gasteiger charge is -2.23. The van der Waals surface area contributed by atoms with E-state index in [1.165, 1.54) is 0 Å². The molecule has 2 rings (SSSR count). The highest BCUT2D eigenvalue weighted by Crippen LogP contribution is 2.21. The van der Waals surface area contributed by atoms with Gasteiger partial charge in [0.2, 0.25) is 0 Å². The standard InChI is InChI=1S/C16H22N2O/c1-4-9-16(3,19)11-17-15-12(2)10-13-7-5-6-8-14(13)18-15/h5-8,10,19H,4,9,11H2,1-3H3,(H,17,18). The van der Waals surface area contributed by atoms with Gasteiger partial charge in [-0.1, -0.05) is 31.5 Å². The number of nitrogens with zero attached hydrogens (tertiary/aromatic N) is 1. The molecule has 2 aromatic rings. The highest BCUT2D eigenvalue weighted by Gasteiger charge is 2.19. The third-order valence-electron chi connectivity index (χ3n) is 3.34. The van der Waals surface area contributed by atoms with Crippen molar-refractivity contribution in [1.29, 1.82) is 0 Å². The molecule has 0 amide bonds. The Balaban J connectivity index is 2.18. The number of aliphatic hydroxyl groups is 1. The fraction of sp³-hybridized carbons (Fsp3) is 0.438. The van der Waals surface area contributed by atoms with Gasteiger partial charge in [-0.25, -0.2) is 4.98 Å². The SMILES string of the molecule is CCCC(C)(O)CNc1nc2ccccc2cc1C. The van der Waals surface area contributed by atoms with Crippen LogP contribution < -0.4 is 5.32 Å². The Bertz CT molecular complexity index is 564. The number of pyridine rings is 1. The maximum Gasteiger partial charge on any atom is 0.129 e. The van der Waals surface area contributed by atoms with Gasteiger partial charge in [-0.2, -0.15) is 0 Å². The molecule has 0 fully saturated rings. The summed E-state index contributed by atoms with van der Waals surface area (Å²) in [6, 6.07) is 10.2. The topological polar surface area (TPSA) is 45.1 Å².